The van der Waals surface area contributed by atoms with E-state index in [2.05, 4.69) is 21.0 Å². The van der Waals surface area contributed by atoms with Gasteiger partial charge < -0.3 is 9.64 Å². The van der Waals surface area contributed by atoms with Crippen molar-refractivity contribution in [1.82, 2.24) is 14.7 Å². The van der Waals surface area contributed by atoms with Crippen molar-refractivity contribution in [3.8, 4) is 0 Å². The zero-order valence-corrected chi connectivity index (χ0v) is 12.2. The Kier molecular flexibility index (Phi) is 2.50. The molecule has 0 aromatic carbocycles. The second-order valence-corrected chi connectivity index (χ2v) is 6.03. The smallest absolute Gasteiger partial charge is 0.410 e. The van der Waals surface area contributed by atoms with Crippen molar-refractivity contribution in [3.63, 3.8) is 0 Å². The molecule has 2 rings (SSSR count). The highest BCUT2D eigenvalue weighted by Gasteiger charge is 2.28. The number of carbonyl (C=O) groups is 1. The minimum Gasteiger partial charge on any atom is -0.444 e. The zero-order valence-electron chi connectivity index (χ0n) is 13.7. The summed E-state index contributed by atoms with van der Waals surface area (Å²) in [6, 6.07) is 0. The van der Waals surface area contributed by atoms with E-state index in [1.165, 1.54) is 0 Å². The van der Waals surface area contributed by atoms with Crippen molar-refractivity contribution in [2.45, 2.75) is 39.3 Å². The minimum atomic E-state index is -2.32. The summed E-state index contributed by atoms with van der Waals surface area (Å²) in [6.07, 6.45) is 0.0349. The third kappa shape index (κ3) is 2.68. The maximum atomic E-state index is 12.1. The highest BCUT2D eigenvalue weighted by Crippen LogP contribution is 2.26. The summed E-state index contributed by atoms with van der Waals surface area (Å²) in [5.41, 5.74) is 0.808. The van der Waals surface area contributed by atoms with E-state index in [0.717, 1.165) is 10.2 Å². The molecule has 18 heavy (non-hydrogen) atoms. The zero-order chi connectivity index (χ0) is 16.0. The molecule has 1 aromatic rings. The van der Waals surface area contributed by atoms with Crippen molar-refractivity contribution in [3.05, 3.63) is 15.9 Å². The fourth-order valence-corrected chi connectivity index (χ4v) is 2.37. The number of nitrogens with zero attached hydrogens (tertiary/aromatic N) is 3. The van der Waals surface area contributed by atoms with Gasteiger partial charge >= 0.3 is 6.09 Å². The molecule has 0 unspecified atom stereocenters. The van der Waals surface area contributed by atoms with Gasteiger partial charge in [0, 0.05) is 35.3 Å². The Hall–Kier alpha value is -1.04. The van der Waals surface area contributed by atoms with E-state index in [1.54, 1.807) is 4.90 Å². The molecule has 0 saturated carbocycles. The summed E-state index contributed by atoms with van der Waals surface area (Å²) in [4.78, 5) is 13.6. The maximum Gasteiger partial charge on any atom is 0.410 e. The second kappa shape index (κ2) is 4.57. The quantitative estimate of drug-likeness (QED) is 0.738. The van der Waals surface area contributed by atoms with Crippen LogP contribution in [0.25, 0.3) is 0 Å². The maximum absolute atomic E-state index is 12.1. The first kappa shape index (κ1) is 9.83. The molecule has 2 heterocycles. The molecule has 0 N–H and O–H groups in total. The summed E-state index contributed by atoms with van der Waals surface area (Å²) in [5.74, 6) is 0. The summed E-state index contributed by atoms with van der Waals surface area (Å²) in [5, 5.41) is 4.02. The van der Waals surface area contributed by atoms with Gasteiger partial charge in [0.1, 0.15) is 10.2 Å². The second-order valence-electron chi connectivity index (χ2n) is 5.28. The standard InChI is InChI=1S/C12H18BrN3O2/c1-12(2,3)18-11(17)16-6-5-9-8(7-16)10(13)14-15(9)4/h5-7H2,1-4H3/i4D3. The van der Waals surface area contributed by atoms with Gasteiger partial charge in [0.05, 0.1) is 6.54 Å². The number of carbonyl (C=O) groups excluding carboxylic acids is 1. The van der Waals surface area contributed by atoms with Crippen molar-refractivity contribution in [2.75, 3.05) is 6.54 Å². The average Bonchev–Trinajstić information content (AvgIpc) is 2.64. The third-order valence-corrected chi connectivity index (χ3v) is 3.30. The molecule has 100 valence electrons. The number of hydrogen-bond acceptors (Lipinski definition) is 3. The Bertz CT molecular complexity index is 563. The van der Waals surface area contributed by atoms with Crippen LogP contribution in [0.1, 0.15) is 36.1 Å². The summed E-state index contributed by atoms with van der Waals surface area (Å²) in [6.45, 7) is 3.82. The largest absolute Gasteiger partial charge is 0.444 e. The summed E-state index contributed by atoms with van der Waals surface area (Å²) in [7, 11) is 0. The van der Waals surface area contributed by atoms with E-state index < -0.39 is 18.7 Å². The highest BCUT2D eigenvalue weighted by atomic mass is 79.9. The number of aromatic nitrogens is 2. The van der Waals surface area contributed by atoms with E-state index in [-0.39, 0.29) is 0 Å². The fraction of sp³-hybridized carbons (Fsp3) is 0.667. The molecule has 0 atom stereocenters. The SMILES string of the molecule is [2H]C([2H])([2H])n1nc(Br)c2c1CCN(C(=O)OC(C)(C)C)C2. The van der Waals surface area contributed by atoms with Gasteiger partial charge in [-0.15, -0.1) is 0 Å². The summed E-state index contributed by atoms with van der Waals surface area (Å²) >= 11 is 3.27. The lowest BCUT2D eigenvalue weighted by Gasteiger charge is -2.30. The van der Waals surface area contributed by atoms with Crippen LogP contribution in [-0.2, 0) is 24.7 Å². The molecule has 0 radical (unpaired) electrons. The Morgan fingerprint density at radius 1 is 1.56 bits per heavy atom. The van der Waals surface area contributed by atoms with Crippen LogP contribution in [-0.4, -0.2) is 32.9 Å². The number of aryl methyl sites for hydroxylation is 1. The van der Waals surface area contributed by atoms with Gasteiger partial charge in [-0.1, -0.05) is 0 Å². The monoisotopic (exact) mass is 318 g/mol. The van der Waals surface area contributed by atoms with Crippen LogP contribution >= 0.6 is 15.9 Å². The van der Waals surface area contributed by atoms with E-state index >= 15 is 0 Å². The molecular weight excluding hydrogens is 298 g/mol. The Morgan fingerprint density at radius 2 is 2.28 bits per heavy atom. The van der Waals surface area contributed by atoms with Crippen LogP contribution < -0.4 is 0 Å². The molecule has 1 aliphatic rings. The molecule has 5 nitrogen and oxygen atoms in total. The number of hydrogen-bond donors (Lipinski definition) is 0. The highest BCUT2D eigenvalue weighted by molar-refractivity contribution is 9.10. The lowest BCUT2D eigenvalue weighted by Crippen LogP contribution is -2.40. The molecule has 0 bridgehead atoms. The van der Waals surface area contributed by atoms with Gasteiger partial charge in [0.2, 0.25) is 0 Å². The molecule has 6 heteroatoms. The predicted molar refractivity (Wildman–Crippen MR) is 71.3 cm³/mol. The van der Waals surface area contributed by atoms with Crippen LogP contribution in [0.15, 0.2) is 4.60 Å². The third-order valence-electron chi connectivity index (χ3n) is 2.66. The first-order valence-electron chi connectivity index (χ1n) is 7.24. The predicted octanol–water partition coefficient (Wildman–Crippen LogP) is 2.48. The minimum absolute atomic E-state index is 0.293. The number of fused-ring (bicyclic) bond motifs is 1. The lowest BCUT2D eigenvalue weighted by molar-refractivity contribution is 0.0222. The van der Waals surface area contributed by atoms with Crippen molar-refractivity contribution >= 4 is 22.0 Å². The molecule has 0 saturated heterocycles. The Balaban J connectivity index is 2.22. The van der Waals surface area contributed by atoms with Crippen LogP contribution in [0.4, 0.5) is 4.79 Å². The lowest BCUT2D eigenvalue weighted by atomic mass is 10.1. The van der Waals surface area contributed by atoms with Gasteiger partial charge in [0.15, 0.2) is 0 Å². The molecule has 1 aromatic heterocycles. The Morgan fingerprint density at radius 3 is 2.89 bits per heavy atom. The molecule has 1 amide bonds. The van der Waals surface area contributed by atoms with E-state index in [9.17, 15) is 4.79 Å². The first-order valence-corrected chi connectivity index (χ1v) is 6.53. The number of halogens is 1. The average molecular weight is 319 g/mol. The van der Waals surface area contributed by atoms with Crippen LogP contribution in [0.3, 0.4) is 0 Å². The topological polar surface area (TPSA) is 47.4 Å². The van der Waals surface area contributed by atoms with Crippen molar-refractivity contribution < 1.29 is 13.6 Å². The molecule has 1 aliphatic heterocycles. The van der Waals surface area contributed by atoms with Gasteiger partial charge in [-0.2, -0.15) is 5.10 Å². The van der Waals surface area contributed by atoms with Crippen molar-refractivity contribution in [2.24, 2.45) is 6.98 Å². The normalized spacial score (nSPS) is 18.7. The first-order chi connectivity index (χ1) is 9.49. The molecule has 0 spiro atoms. The molecule has 0 fully saturated rings. The number of amides is 1. The summed E-state index contributed by atoms with van der Waals surface area (Å²) < 4.78 is 29.3. The van der Waals surface area contributed by atoms with Crippen LogP contribution in [0.2, 0.25) is 0 Å². The van der Waals surface area contributed by atoms with E-state index in [1.807, 2.05) is 20.8 Å². The van der Waals surface area contributed by atoms with E-state index in [4.69, 9.17) is 8.85 Å². The van der Waals surface area contributed by atoms with E-state index in [0.29, 0.717) is 29.8 Å². The number of ether oxygens (including phenoxy) is 1. The van der Waals surface area contributed by atoms with Crippen LogP contribution in [0.5, 0.6) is 0 Å². The van der Waals surface area contributed by atoms with Crippen LogP contribution in [0, 0.1) is 0 Å². The molecule has 0 aliphatic carbocycles. The number of rotatable bonds is 0. The van der Waals surface area contributed by atoms with Crippen molar-refractivity contribution in [1.29, 1.82) is 0 Å². The molecular formula is C12H18BrN3O2. The van der Waals surface area contributed by atoms with Gasteiger partial charge in [-0.05, 0) is 36.7 Å². The fourth-order valence-electron chi connectivity index (χ4n) is 1.86. The van der Waals surface area contributed by atoms with Gasteiger partial charge in [0.25, 0.3) is 0 Å². The van der Waals surface area contributed by atoms with Gasteiger partial charge in [-0.25, -0.2) is 4.79 Å². The van der Waals surface area contributed by atoms with Gasteiger partial charge in [-0.3, -0.25) is 4.68 Å². The Labute approximate surface area is 119 Å².